The normalized spacial score (nSPS) is 11.4. The number of rotatable bonds is 8. The Bertz CT molecular complexity index is 620. The van der Waals surface area contributed by atoms with Gasteiger partial charge in [-0.05, 0) is 31.0 Å². The van der Waals surface area contributed by atoms with Gasteiger partial charge < -0.3 is 14.8 Å². The zero-order valence-electron chi connectivity index (χ0n) is 13.6. The second-order valence-corrected chi connectivity index (χ2v) is 5.77. The third-order valence-electron chi connectivity index (χ3n) is 3.67. The van der Waals surface area contributed by atoms with Crippen LogP contribution in [0.5, 0.6) is 0 Å². The Morgan fingerprint density at radius 1 is 1.30 bits per heavy atom. The van der Waals surface area contributed by atoms with E-state index in [4.69, 9.17) is 4.42 Å². The molecule has 1 aromatic carbocycles. The molecule has 2 rings (SSSR count). The van der Waals surface area contributed by atoms with E-state index >= 15 is 0 Å². The molecular weight excluding hydrogens is 294 g/mol. The number of aliphatic hydroxyl groups is 1. The molecule has 1 amide bonds. The third-order valence-corrected chi connectivity index (χ3v) is 3.67. The molecule has 0 aliphatic heterocycles. The van der Waals surface area contributed by atoms with Gasteiger partial charge in [0.2, 0.25) is 18.2 Å². The molecule has 0 aliphatic carbocycles. The van der Waals surface area contributed by atoms with E-state index in [1.54, 1.807) is 18.2 Å². The highest BCUT2D eigenvalue weighted by Crippen LogP contribution is 2.25. The van der Waals surface area contributed by atoms with Crippen molar-refractivity contribution in [1.82, 2.24) is 10.2 Å². The number of amides is 1. The first-order valence-corrected chi connectivity index (χ1v) is 7.95. The molecule has 23 heavy (non-hydrogen) atoms. The molecule has 124 valence electrons. The molecule has 0 radical (unpaired) electrons. The molecule has 0 spiro atoms. The van der Waals surface area contributed by atoms with Crippen molar-refractivity contribution < 1.29 is 14.3 Å². The van der Waals surface area contributed by atoms with E-state index in [-0.39, 0.29) is 12.3 Å². The summed E-state index contributed by atoms with van der Waals surface area (Å²) in [4.78, 5) is 12.3. The van der Waals surface area contributed by atoms with E-state index in [1.165, 1.54) is 6.39 Å². The van der Waals surface area contributed by atoms with Gasteiger partial charge in [0.1, 0.15) is 0 Å². The zero-order chi connectivity index (χ0) is 16.7. The topological polar surface area (TPSA) is 88.2 Å². The van der Waals surface area contributed by atoms with Crippen molar-refractivity contribution in [2.45, 2.75) is 51.6 Å². The average Bonchev–Trinajstić information content (AvgIpc) is 3.01. The van der Waals surface area contributed by atoms with Gasteiger partial charge in [-0.3, -0.25) is 4.79 Å². The van der Waals surface area contributed by atoms with E-state index in [1.807, 2.05) is 19.9 Å². The molecule has 0 unspecified atom stereocenters. The fraction of sp³-hybridized carbons (Fsp3) is 0.471. The molecule has 0 aliphatic rings. The predicted octanol–water partition coefficient (Wildman–Crippen LogP) is 3.40. The van der Waals surface area contributed by atoms with Crippen molar-refractivity contribution in [2.75, 3.05) is 5.32 Å². The van der Waals surface area contributed by atoms with Crippen LogP contribution in [0.3, 0.4) is 0 Å². The summed E-state index contributed by atoms with van der Waals surface area (Å²) >= 11 is 0. The Morgan fingerprint density at radius 3 is 2.65 bits per heavy atom. The fourth-order valence-electron chi connectivity index (χ4n) is 2.77. The van der Waals surface area contributed by atoms with Gasteiger partial charge in [-0.2, -0.15) is 0 Å². The van der Waals surface area contributed by atoms with Crippen LogP contribution in [0.25, 0.3) is 11.5 Å². The molecule has 1 aromatic heterocycles. The lowest BCUT2D eigenvalue weighted by Gasteiger charge is -2.26. The van der Waals surface area contributed by atoms with Crippen LogP contribution < -0.4 is 5.32 Å². The molecular formula is C17H23N3O3. The van der Waals surface area contributed by atoms with Crippen LogP contribution >= 0.6 is 0 Å². The summed E-state index contributed by atoms with van der Waals surface area (Å²) in [6.07, 6.45) is 4.29. The minimum atomic E-state index is -0.933. The Balaban J connectivity index is 2.04. The van der Waals surface area contributed by atoms with Gasteiger partial charge in [0.05, 0.1) is 12.0 Å². The second-order valence-electron chi connectivity index (χ2n) is 5.77. The molecule has 0 saturated carbocycles. The Labute approximate surface area is 135 Å². The van der Waals surface area contributed by atoms with Gasteiger partial charge in [-0.25, -0.2) is 0 Å². The van der Waals surface area contributed by atoms with Crippen LogP contribution in [0.2, 0.25) is 0 Å². The monoisotopic (exact) mass is 317 g/mol. The number of hydrogen-bond donors (Lipinski definition) is 2. The third kappa shape index (κ3) is 4.89. The van der Waals surface area contributed by atoms with Crippen molar-refractivity contribution in [3.05, 3.63) is 30.7 Å². The fourth-order valence-corrected chi connectivity index (χ4v) is 2.77. The summed E-state index contributed by atoms with van der Waals surface area (Å²) in [5.74, 6) is 0.201. The molecule has 0 atom stereocenters. The number of benzene rings is 1. The molecule has 2 aromatic rings. The number of anilines is 1. The number of hydrogen-bond acceptors (Lipinski definition) is 5. The lowest BCUT2D eigenvalue weighted by Crippen LogP contribution is -2.33. The summed E-state index contributed by atoms with van der Waals surface area (Å²) in [6, 6.07) is 7.19. The minimum absolute atomic E-state index is 0.0967. The maximum absolute atomic E-state index is 12.3. The quantitative estimate of drug-likeness (QED) is 0.779. The predicted molar refractivity (Wildman–Crippen MR) is 87.7 cm³/mol. The molecule has 0 saturated heterocycles. The summed E-state index contributed by atoms with van der Waals surface area (Å²) < 4.78 is 5.15. The molecule has 6 heteroatoms. The molecule has 0 bridgehead atoms. The number of carbonyl (C=O) groups excluding carboxylic acids is 1. The molecule has 6 nitrogen and oxygen atoms in total. The van der Waals surface area contributed by atoms with Crippen molar-refractivity contribution in [3.63, 3.8) is 0 Å². The van der Waals surface area contributed by atoms with Gasteiger partial charge in [-0.1, -0.05) is 32.8 Å². The molecule has 0 fully saturated rings. The SMILES string of the molecule is CCCC(O)(CCC)CC(=O)Nc1cccc(-c2nnco2)c1. The van der Waals surface area contributed by atoms with Crippen LogP contribution in [-0.2, 0) is 4.79 Å². The van der Waals surface area contributed by atoms with Crippen molar-refractivity contribution >= 4 is 11.6 Å². The molecule has 2 N–H and O–H groups in total. The summed E-state index contributed by atoms with van der Waals surface area (Å²) in [6.45, 7) is 4.01. The van der Waals surface area contributed by atoms with Crippen molar-refractivity contribution in [1.29, 1.82) is 0 Å². The van der Waals surface area contributed by atoms with E-state index in [0.717, 1.165) is 18.4 Å². The van der Waals surface area contributed by atoms with E-state index in [9.17, 15) is 9.90 Å². The number of nitrogens with zero attached hydrogens (tertiary/aromatic N) is 2. The first-order valence-electron chi connectivity index (χ1n) is 7.95. The standard InChI is InChI=1S/C17H23N3O3/c1-3-8-17(22,9-4-2)11-15(21)19-14-7-5-6-13(10-14)16-20-18-12-23-16/h5-7,10,12,22H,3-4,8-9,11H2,1-2H3,(H,19,21). The van der Waals surface area contributed by atoms with Gasteiger partial charge in [-0.15, -0.1) is 10.2 Å². The number of carbonyl (C=O) groups is 1. The van der Waals surface area contributed by atoms with E-state index in [2.05, 4.69) is 15.5 Å². The lowest BCUT2D eigenvalue weighted by atomic mass is 9.89. The van der Waals surface area contributed by atoms with Crippen LogP contribution in [-0.4, -0.2) is 26.8 Å². The maximum atomic E-state index is 12.3. The zero-order valence-corrected chi connectivity index (χ0v) is 13.6. The highest BCUT2D eigenvalue weighted by molar-refractivity contribution is 5.91. The number of nitrogens with one attached hydrogen (secondary N) is 1. The van der Waals surface area contributed by atoms with Crippen molar-refractivity contribution in [3.8, 4) is 11.5 Å². The van der Waals surface area contributed by atoms with Gasteiger partial charge in [0.15, 0.2) is 0 Å². The van der Waals surface area contributed by atoms with Crippen LogP contribution in [0, 0.1) is 0 Å². The van der Waals surface area contributed by atoms with E-state index < -0.39 is 5.60 Å². The van der Waals surface area contributed by atoms with Gasteiger partial charge >= 0.3 is 0 Å². The van der Waals surface area contributed by atoms with Crippen LogP contribution in [0.1, 0.15) is 46.0 Å². The largest absolute Gasteiger partial charge is 0.423 e. The number of aromatic nitrogens is 2. The Kier molecular flexibility index (Phi) is 5.87. The summed E-state index contributed by atoms with van der Waals surface area (Å²) in [7, 11) is 0. The van der Waals surface area contributed by atoms with Crippen LogP contribution in [0.15, 0.2) is 35.1 Å². The summed E-state index contributed by atoms with van der Waals surface area (Å²) in [5.41, 5.74) is 0.441. The maximum Gasteiger partial charge on any atom is 0.247 e. The molecule has 1 heterocycles. The highest BCUT2D eigenvalue weighted by atomic mass is 16.4. The smallest absolute Gasteiger partial charge is 0.247 e. The summed E-state index contributed by atoms with van der Waals surface area (Å²) in [5, 5.41) is 20.9. The first-order chi connectivity index (χ1) is 11.1. The van der Waals surface area contributed by atoms with Crippen molar-refractivity contribution in [2.24, 2.45) is 0 Å². The van der Waals surface area contributed by atoms with Gasteiger partial charge in [0.25, 0.3) is 0 Å². The average molecular weight is 317 g/mol. The highest BCUT2D eigenvalue weighted by Gasteiger charge is 2.28. The first kappa shape index (κ1) is 17.1. The van der Waals surface area contributed by atoms with Gasteiger partial charge in [0, 0.05) is 11.3 Å². The van der Waals surface area contributed by atoms with Crippen LogP contribution in [0.4, 0.5) is 5.69 Å². The minimum Gasteiger partial charge on any atom is -0.423 e. The second kappa shape index (κ2) is 7.87. The lowest BCUT2D eigenvalue weighted by molar-refractivity contribution is -0.121. The Morgan fingerprint density at radius 2 is 2.04 bits per heavy atom. The van der Waals surface area contributed by atoms with E-state index in [0.29, 0.717) is 24.4 Å². The Hall–Kier alpha value is -2.21.